The van der Waals surface area contributed by atoms with Crippen LogP contribution in [0.25, 0.3) is 0 Å². The fourth-order valence-corrected chi connectivity index (χ4v) is 2.38. The van der Waals surface area contributed by atoms with E-state index in [9.17, 15) is 0 Å². The van der Waals surface area contributed by atoms with E-state index in [0.29, 0.717) is 0 Å². The minimum Gasteiger partial charge on any atom is -0.493 e. The molecule has 2 heterocycles. The lowest BCUT2D eigenvalue weighted by Crippen LogP contribution is -2.25. The molecule has 110 valence electrons. The summed E-state index contributed by atoms with van der Waals surface area (Å²) < 4.78 is 12.7. The molecular formula is C15H23N3O2. The first-order valence-corrected chi connectivity index (χ1v) is 7.08. The smallest absolute Gasteiger partial charge is 0.161 e. The second-order valence-electron chi connectivity index (χ2n) is 4.85. The number of nitrogens with zero attached hydrogens (tertiary/aromatic N) is 2. The van der Waals surface area contributed by atoms with Crippen LogP contribution in [0.4, 0.5) is 0 Å². The van der Waals surface area contributed by atoms with Crippen LogP contribution < -0.4 is 10.1 Å². The van der Waals surface area contributed by atoms with Crippen molar-refractivity contribution in [2.45, 2.75) is 32.2 Å². The zero-order chi connectivity index (χ0) is 14.4. The number of nitrogens with one attached hydrogen (secondary N) is 1. The maximum absolute atomic E-state index is 5.42. The van der Waals surface area contributed by atoms with E-state index in [2.05, 4.69) is 17.3 Å². The van der Waals surface area contributed by atoms with E-state index in [-0.39, 0.29) is 6.04 Å². The standard InChI is InChI=1S/C15H23N3O2/c1-4-9-16-13(8-7-12-6-5-10-20-12)15-14(19-3)11-17-18(15)2/h5-6,10-11,13,16H,4,7-9H2,1-3H3. The first-order valence-electron chi connectivity index (χ1n) is 7.08. The van der Waals surface area contributed by atoms with Crippen LogP contribution in [0.1, 0.15) is 37.3 Å². The van der Waals surface area contributed by atoms with E-state index in [1.54, 1.807) is 19.6 Å². The summed E-state index contributed by atoms with van der Waals surface area (Å²) in [5.74, 6) is 1.84. The predicted molar refractivity (Wildman–Crippen MR) is 77.8 cm³/mol. The lowest BCUT2D eigenvalue weighted by Gasteiger charge is -2.19. The third-order valence-electron chi connectivity index (χ3n) is 3.40. The molecule has 0 fully saturated rings. The van der Waals surface area contributed by atoms with Gasteiger partial charge < -0.3 is 14.5 Å². The van der Waals surface area contributed by atoms with Gasteiger partial charge >= 0.3 is 0 Å². The Bertz CT molecular complexity index is 505. The molecule has 0 amide bonds. The zero-order valence-corrected chi connectivity index (χ0v) is 12.4. The molecule has 1 unspecified atom stereocenters. The van der Waals surface area contributed by atoms with E-state index in [1.165, 1.54) is 0 Å². The largest absolute Gasteiger partial charge is 0.493 e. The Hall–Kier alpha value is -1.75. The highest BCUT2D eigenvalue weighted by molar-refractivity contribution is 5.28. The number of aryl methyl sites for hydroxylation is 2. The fourth-order valence-electron chi connectivity index (χ4n) is 2.38. The summed E-state index contributed by atoms with van der Waals surface area (Å²) in [6.07, 6.45) is 6.42. The Morgan fingerprint density at radius 2 is 2.35 bits per heavy atom. The van der Waals surface area contributed by atoms with E-state index in [0.717, 1.165) is 43.0 Å². The van der Waals surface area contributed by atoms with Crippen LogP contribution >= 0.6 is 0 Å². The molecule has 0 spiro atoms. The number of aromatic nitrogens is 2. The van der Waals surface area contributed by atoms with Crippen LogP contribution in [0.2, 0.25) is 0 Å². The minimum absolute atomic E-state index is 0.211. The van der Waals surface area contributed by atoms with Crippen LogP contribution in [0.15, 0.2) is 29.0 Å². The first kappa shape index (κ1) is 14.7. The number of methoxy groups -OCH3 is 1. The van der Waals surface area contributed by atoms with Gasteiger partial charge in [-0.1, -0.05) is 6.92 Å². The Labute approximate surface area is 119 Å². The number of furan rings is 1. The molecule has 2 aromatic heterocycles. The van der Waals surface area contributed by atoms with E-state index < -0.39 is 0 Å². The van der Waals surface area contributed by atoms with Gasteiger partial charge in [0.2, 0.25) is 0 Å². The molecular weight excluding hydrogens is 254 g/mol. The van der Waals surface area contributed by atoms with Gasteiger partial charge in [-0.2, -0.15) is 5.10 Å². The third-order valence-corrected chi connectivity index (χ3v) is 3.40. The quantitative estimate of drug-likeness (QED) is 0.806. The van der Waals surface area contributed by atoms with Crippen molar-refractivity contribution >= 4 is 0 Å². The number of rotatable bonds is 8. The highest BCUT2D eigenvalue weighted by Crippen LogP contribution is 2.27. The summed E-state index contributed by atoms with van der Waals surface area (Å²) in [7, 11) is 3.63. The molecule has 0 bridgehead atoms. The zero-order valence-electron chi connectivity index (χ0n) is 12.4. The molecule has 5 heteroatoms. The Balaban J connectivity index is 2.11. The monoisotopic (exact) mass is 277 g/mol. The lowest BCUT2D eigenvalue weighted by atomic mass is 10.1. The topological polar surface area (TPSA) is 52.2 Å². The van der Waals surface area contributed by atoms with Crippen molar-refractivity contribution in [3.63, 3.8) is 0 Å². The fraction of sp³-hybridized carbons (Fsp3) is 0.533. The highest BCUT2D eigenvalue weighted by atomic mass is 16.5. The minimum atomic E-state index is 0.211. The van der Waals surface area contributed by atoms with Gasteiger partial charge in [0, 0.05) is 13.5 Å². The molecule has 0 radical (unpaired) electrons. The van der Waals surface area contributed by atoms with Crippen LogP contribution in [-0.4, -0.2) is 23.4 Å². The van der Waals surface area contributed by atoms with Gasteiger partial charge in [-0.05, 0) is 31.5 Å². The van der Waals surface area contributed by atoms with Crippen molar-refractivity contribution in [3.8, 4) is 5.75 Å². The molecule has 0 saturated heterocycles. The molecule has 0 aliphatic rings. The number of hydrogen-bond donors (Lipinski definition) is 1. The summed E-state index contributed by atoms with van der Waals surface area (Å²) in [6.45, 7) is 3.13. The van der Waals surface area contributed by atoms with Crippen LogP contribution in [0.5, 0.6) is 5.75 Å². The first-order chi connectivity index (χ1) is 9.76. The summed E-state index contributed by atoms with van der Waals surface area (Å²) in [6, 6.07) is 4.15. The Kier molecular flexibility index (Phi) is 5.24. The van der Waals surface area contributed by atoms with Crippen molar-refractivity contribution < 1.29 is 9.15 Å². The molecule has 2 aromatic rings. The van der Waals surface area contributed by atoms with E-state index in [4.69, 9.17) is 9.15 Å². The second-order valence-corrected chi connectivity index (χ2v) is 4.85. The SMILES string of the molecule is CCCNC(CCc1ccco1)c1c(OC)cnn1C. The summed E-state index contributed by atoms with van der Waals surface area (Å²) in [4.78, 5) is 0. The predicted octanol–water partition coefficient (Wildman–Crippen LogP) is 2.70. The van der Waals surface area contributed by atoms with Gasteiger partial charge in [0.25, 0.3) is 0 Å². The van der Waals surface area contributed by atoms with Gasteiger partial charge in [-0.3, -0.25) is 4.68 Å². The molecule has 2 rings (SSSR count). The average Bonchev–Trinajstić information content (AvgIpc) is 3.09. The Morgan fingerprint density at radius 1 is 1.50 bits per heavy atom. The average molecular weight is 277 g/mol. The maximum atomic E-state index is 5.42. The molecule has 0 saturated carbocycles. The van der Waals surface area contributed by atoms with Gasteiger partial charge in [-0.15, -0.1) is 0 Å². The maximum Gasteiger partial charge on any atom is 0.161 e. The lowest BCUT2D eigenvalue weighted by molar-refractivity contribution is 0.383. The molecule has 0 aliphatic heterocycles. The molecule has 0 aromatic carbocycles. The van der Waals surface area contributed by atoms with E-state index in [1.807, 2.05) is 23.9 Å². The number of ether oxygens (including phenoxy) is 1. The van der Waals surface area contributed by atoms with Gasteiger partial charge in [0.05, 0.1) is 31.3 Å². The Morgan fingerprint density at radius 3 is 3.00 bits per heavy atom. The molecule has 1 N–H and O–H groups in total. The van der Waals surface area contributed by atoms with Gasteiger partial charge in [0.1, 0.15) is 5.76 Å². The van der Waals surface area contributed by atoms with Crippen LogP contribution in [-0.2, 0) is 13.5 Å². The normalized spacial score (nSPS) is 12.6. The summed E-state index contributed by atoms with van der Waals surface area (Å²) in [5.41, 5.74) is 1.09. The second kappa shape index (κ2) is 7.14. The molecule has 5 nitrogen and oxygen atoms in total. The van der Waals surface area contributed by atoms with Crippen molar-refractivity contribution in [3.05, 3.63) is 36.0 Å². The van der Waals surface area contributed by atoms with Crippen molar-refractivity contribution in [1.29, 1.82) is 0 Å². The van der Waals surface area contributed by atoms with Crippen LogP contribution in [0, 0.1) is 0 Å². The van der Waals surface area contributed by atoms with Gasteiger partial charge in [-0.25, -0.2) is 0 Å². The van der Waals surface area contributed by atoms with Crippen molar-refractivity contribution in [2.24, 2.45) is 7.05 Å². The van der Waals surface area contributed by atoms with Crippen molar-refractivity contribution in [1.82, 2.24) is 15.1 Å². The van der Waals surface area contributed by atoms with E-state index >= 15 is 0 Å². The molecule has 0 aliphatic carbocycles. The summed E-state index contributed by atoms with van der Waals surface area (Å²) in [5, 5.41) is 7.86. The highest BCUT2D eigenvalue weighted by Gasteiger charge is 2.20. The third kappa shape index (κ3) is 3.42. The summed E-state index contributed by atoms with van der Waals surface area (Å²) >= 11 is 0. The van der Waals surface area contributed by atoms with Gasteiger partial charge in [0.15, 0.2) is 5.75 Å². The number of hydrogen-bond acceptors (Lipinski definition) is 4. The van der Waals surface area contributed by atoms with Crippen molar-refractivity contribution in [2.75, 3.05) is 13.7 Å². The molecule has 20 heavy (non-hydrogen) atoms. The van der Waals surface area contributed by atoms with Crippen LogP contribution in [0.3, 0.4) is 0 Å². The molecule has 1 atom stereocenters.